The third-order valence-corrected chi connectivity index (χ3v) is 4.74. The van der Waals surface area contributed by atoms with Crippen LogP contribution >= 0.6 is 11.3 Å². The lowest BCUT2D eigenvalue weighted by Crippen LogP contribution is -2.00. The molecule has 2 heterocycles. The Labute approximate surface area is 132 Å². The highest BCUT2D eigenvalue weighted by Gasteiger charge is 2.07. The molecule has 0 radical (unpaired) electrons. The Morgan fingerprint density at radius 1 is 1.09 bits per heavy atom. The number of aryl methyl sites for hydroxylation is 1. The van der Waals surface area contributed by atoms with Gasteiger partial charge in [0, 0.05) is 23.3 Å². The topological polar surface area (TPSA) is 30.7 Å². The largest absolute Gasteiger partial charge is 0.329 e. The van der Waals surface area contributed by atoms with E-state index in [0.717, 1.165) is 23.1 Å². The Morgan fingerprint density at radius 2 is 1.95 bits per heavy atom. The predicted molar refractivity (Wildman–Crippen MR) is 91.1 cm³/mol. The van der Waals surface area contributed by atoms with Crippen molar-refractivity contribution in [1.29, 1.82) is 0 Å². The highest BCUT2D eigenvalue weighted by atomic mass is 32.1. The fourth-order valence-electron chi connectivity index (χ4n) is 2.58. The summed E-state index contributed by atoms with van der Waals surface area (Å²) in [6, 6.07) is 14.9. The van der Waals surface area contributed by atoms with Gasteiger partial charge in [0.15, 0.2) is 0 Å². The minimum atomic E-state index is 0.774. The lowest BCUT2D eigenvalue weighted by molar-refractivity contribution is 0.747. The first kappa shape index (κ1) is 13.2. The van der Waals surface area contributed by atoms with Crippen molar-refractivity contribution < 1.29 is 0 Å². The van der Waals surface area contributed by atoms with Crippen LogP contribution in [0.3, 0.4) is 0 Å². The predicted octanol–water partition coefficient (Wildman–Crippen LogP) is 4.52. The molecule has 0 fully saturated rings. The Balaban J connectivity index is 1.66. The van der Waals surface area contributed by atoms with E-state index < -0.39 is 0 Å². The molecule has 3 nitrogen and oxygen atoms in total. The molecule has 0 saturated heterocycles. The molecule has 0 N–H and O–H groups in total. The van der Waals surface area contributed by atoms with Crippen molar-refractivity contribution in [2.75, 3.05) is 0 Å². The smallest absolute Gasteiger partial charge is 0.123 e. The molecule has 4 rings (SSSR count). The van der Waals surface area contributed by atoms with Crippen molar-refractivity contribution in [1.82, 2.24) is 14.5 Å². The molecule has 22 heavy (non-hydrogen) atoms. The van der Waals surface area contributed by atoms with Gasteiger partial charge >= 0.3 is 0 Å². The van der Waals surface area contributed by atoms with E-state index in [1.54, 1.807) is 11.3 Å². The molecule has 0 spiro atoms. The highest BCUT2D eigenvalue weighted by molar-refractivity contribution is 7.13. The van der Waals surface area contributed by atoms with E-state index in [4.69, 9.17) is 4.98 Å². The molecule has 0 unspecified atom stereocenters. The zero-order valence-corrected chi connectivity index (χ0v) is 13.0. The van der Waals surface area contributed by atoms with Crippen molar-refractivity contribution in [3.8, 4) is 10.6 Å². The van der Waals surface area contributed by atoms with Crippen molar-refractivity contribution >= 4 is 22.1 Å². The third kappa shape index (κ3) is 2.42. The fraction of sp³-hybridized carbons (Fsp3) is 0.111. The summed E-state index contributed by atoms with van der Waals surface area (Å²) in [4.78, 5) is 9.02. The number of hydrogen-bond acceptors (Lipinski definition) is 3. The number of rotatable bonds is 3. The minimum absolute atomic E-state index is 0.774. The van der Waals surface area contributed by atoms with Gasteiger partial charge in [-0.3, -0.25) is 0 Å². The summed E-state index contributed by atoms with van der Waals surface area (Å²) in [7, 11) is 0. The lowest BCUT2D eigenvalue weighted by Gasteiger charge is -2.02. The maximum Gasteiger partial charge on any atom is 0.123 e. The molecule has 2 aromatic carbocycles. The van der Waals surface area contributed by atoms with Crippen molar-refractivity contribution in [2.45, 2.75) is 13.5 Å². The Morgan fingerprint density at radius 3 is 2.77 bits per heavy atom. The minimum Gasteiger partial charge on any atom is -0.329 e. The number of nitrogens with zero attached hydrogens (tertiary/aromatic N) is 3. The average Bonchev–Trinajstić information content (AvgIpc) is 3.17. The normalized spacial score (nSPS) is 11.1. The summed E-state index contributed by atoms with van der Waals surface area (Å²) < 4.78 is 2.11. The summed E-state index contributed by atoms with van der Waals surface area (Å²) >= 11 is 1.69. The number of benzene rings is 2. The zero-order chi connectivity index (χ0) is 14.9. The van der Waals surface area contributed by atoms with Crippen LogP contribution in [0.1, 0.15) is 11.5 Å². The van der Waals surface area contributed by atoms with Gasteiger partial charge in [-0.15, -0.1) is 11.3 Å². The third-order valence-electron chi connectivity index (χ3n) is 3.80. The Kier molecular flexibility index (Phi) is 3.24. The lowest BCUT2D eigenvalue weighted by atomic mass is 10.1. The van der Waals surface area contributed by atoms with Crippen molar-refractivity contribution in [2.24, 2.45) is 0 Å². The molecule has 0 aliphatic carbocycles. The molecule has 0 saturated carbocycles. The number of aromatic nitrogens is 3. The van der Waals surface area contributed by atoms with E-state index >= 15 is 0 Å². The first-order valence-corrected chi connectivity index (χ1v) is 8.09. The summed E-state index contributed by atoms with van der Waals surface area (Å²) in [6.45, 7) is 2.78. The van der Waals surface area contributed by atoms with Crippen LogP contribution in [0.25, 0.3) is 21.3 Å². The van der Waals surface area contributed by atoms with Gasteiger partial charge in [-0.25, -0.2) is 9.97 Å². The molecule has 2 aromatic heterocycles. The number of hydrogen-bond donors (Lipinski definition) is 0. The van der Waals surface area contributed by atoms with Gasteiger partial charge < -0.3 is 4.57 Å². The Bertz CT molecular complexity index is 936. The van der Waals surface area contributed by atoms with Crippen LogP contribution in [-0.4, -0.2) is 14.5 Å². The second-order valence-electron chi connectivity index (χ2n) is 5.31. The monoisotopic (exact) mass is 305 g/mol. The number of imidazole rings is 1. The van der Waals surface area contributed by atoms with Gasteiger partial charge in [-0.2, -0.15) is 0 Å². The molecule has 0 aliphatic heterocycles. The second kappa shape index (κ2) is 5.39. The Hall–Kier alpha value is -2.46. The average molecular weight is 305 g/mol. The molecular formula is C18H15N3S. The van der Waals surface area contributed by atoms with Crippen molar-refractivity contribution in [3.63, 3.8) is 0 Å². The van der Waals surface area contributed by atoms with Gasteiger partial charge in [0.1, 0.15) is 10.8 Å². The summed E-state index contributed by atoms with van der Waals surface area (Å²) in [6.07, 6.45) is 3.82. The second-order valence-corrected chi connectivity index (χ2v) is 6.17. The van der Waals surface area contributed by atoms with Gasteiger partial charge in [0.2, 0.25) is 0 Å². The van der Waals surface area contributed by atoms with E-state index in [9.17, 15) is 0 Å². The molecule has 0 bridgehead atoms. The maximum atomic E-state index is 4.77. The fourth-order valence-corrected chi connectivity index (χ4v) is 3.39. The van der Waals surface area contributed by atoms with Crippen LogP contribution in [0, 0.1) is 6.92 Å². The molecule has 108 valence electrons. The van der Waals surface area contributed by atoms with Crippen LogP contribution in [0.2, 0.25) is 0 Å². The molecule has 0 aliphatic rings. The number of thiazole rings is 1. The van der Waals surface area contributed by atoms with Gasteiger partial charge in [-0.1, -0.05) is 36.4 Å². The van der Waals surface area contributed by atoms with Crippen LogP contribution in [0.4, 0.5) is 0 Å². The van der Waals surface area contributed by atoms with Gasteiger partial charge in [-0.05, 0) is 23.8 Å². The van der Waals surface area contributed by atoms with Gasteiger partial charge in [0.25, 0.3) is 0 Å². The maximum absolute atomic E-state index is 4.77. The number of fused-ring (bicyclic) bond motifs is 1. The highest BCUT2D eigenvalue weighted by Crippen LogP contribution is 2.27. The van der Waals surface area contributed by atoms with E-state index in [2.05, 4.69) is 57.4 Å². The SMILES string of the molecule is Cc1nccn1Cc1csc(-c2ccc3ccccc3c2)n1. The van der Waals surface area contributed by atoms with Crippen LogP contribution in [0.5, 0.6) is 0 Å². The van der Waals surface area contributed by atoms with E-state index in [-0.39, 0.29) is 0 Å². The summed E-state index contributed by atoms with van der Waals surface area (Å²) in [5, 5.41) is 5.71. The molecular weight excluding hydrogens is 290 g/mol. The van der Waals surface area contributed by atoms with Crippen molar-refractivity contribution in [3.05, 3.63) is 71.8 Å². The van der Waals surface area contributed by atoms with E-state index in [0.29, 0.717) is 0 Å². The standard InChI is InChI=1S/C18H15N3S/c1-13-19-8-9-21(13)11-17-12-22-18(20-17)16-7-6-14-4-2-3-5-15(14)10-16/h2-10,12H,11H2,1H3. The molecule has 4 aromatic rings. The zero-order valence-electron chi connectivity index (χ0n) is 12.2. The molecule has 0 atom stereocenters. The first-order chi connectivity index (χ1) is 10.8. The summed E-state index contributed by atoms with van der Waals surface area (Å²) in [5.74, 6) is 1.01. The van der Waals surface area contributed by atoms with E-state index in [1.165, 1.54) is 16.3 Å². The van der Waals surface area contributed by atoms with Crippen LogP contribution < -0.4 is 0 Å². The van der Waals surface area contributed by atoms with Crippen LogP contribution in [-0.2, 0) is 6.54 Å². The van der Waals surface area contributed by atoms with E-state index in [1.807, 2.05) is 19.3 Å². The van der Waals surface area contributed by atoms with Gasteiger partial charge in [0.05, 0.1) is 12.2 Å². The quantitative estimate of drug-likeness (QED) is 0.557. The first-order valence-electron chi connectivity index (χ1n) is 7.21. The summed E-state index contributed by atoms with van der Waals surface area (Å²) in [5.41, 5.74) is 2.26. The molecule has 0 amide bonds. The van der Waals surface area contributed by atoms with Crippen LogP contribution in [0.15, 0.2) is 60.2 Å². The molecule has 4 heteroatoms.